The summed E-state index contributed by atoms with van der Waals surface area (Å²) < 4.78 is 5.15. The highest BCUT2D eigenvalue weighted by atomic mass is 16.5. The van der Waals surface area contributed by atoms with E-state index in [1.54, 1.807) is 7.11 Å². The van der Waals surface area contributed by atoms with E-state index < -0.39 is 0 Å². The number of nitrogens with zero attached hydrogens (tertiary/aromatic N) is 1. The van der Waals surface area contributed by atoms with Crippen LogP contribution in [0.2, 0.25) is 0 Å². The van der Waals surface area contributed by atoms with E-state index in [0.29, 0.717) is 13.0 Å². The second-order valence-electron chi connectivity index (χ2n) is 3.93. The Kier molecular flexibility index (Phi) is 3.61. The van der Waals surface area contributed by atoms with Crippen LogP contribution in [0.4, 0.5) is 0 Å². The molecule has 0 bridgehead atoms. The van der Waals surface area contributed by atoms with Gasteiger partial charge in [-0.15, -0.1) is 0 Å². The minimum atomic E-state index is -0.0381. The molecule has 1 saturated heterocycles. The molecule has 1 aliphatic rings. The summed E-state index contributed by atoms with van der Waals surface area (Å²) in [5.74, 6) is 0.782. The molecule has 0 radical (unpaired) electrons. The molecule has 1 aliphatic heterocycles. The first-order chi connectivity index (χ1) is 8.24. The minimum Gasteiger partial charge on any atom is -0.497 e. The van der Waals surface area contributed by atoms with Gasteiger partial charge in [-0.1, -0.05) is 12.1 Å². The molecule has 2 rings (SSSR count). The lowest BCUT2D eigenvalue weighted by Gasteiger charge is -2.17. The zero-order valence-electron chi connectivity index (χ0n) is 9.72. The van der Waals surface area contributed by atoms with Crippen LogP contribution < -0.4 is 10.2 Å². The Bertz CT molecular complexity index is 408. The molecular formula is C12H16N2O3. The molecule has 17 heavy (non-hydrogen) atoms. The van der Waals surface area contributed by atoms with Crippen molar-refractivity contribution < 1.29 is 14.6 Å². The summed E-state index contributed by atoms with van der Waals surface area (Å²) in [6, 6.07) is 7.59. The van der Waals surface area contributed by atoms with Crippen LogP contribution in [0.1, 0.15) is 18.0 Å². The first kappa shape index (κ1) is 11.9. The number of amides is 1. The topological polar surface area (TPSA) is 61.8 Å². The van der Waals surface area contributed by atoms with Crippen LogP contribution in [0.15, 0.2) is 24.3 Å². The predicted molar refractivity (Wildman–Crippen MR) is 62.3 cm³/mol. The maximum Gasteiger partial charge on any atom is 0.238 e. The normalized spacial score (nSPS) is 19.8. The van der Waals surface area contributed by atoms with Crippen molar-refractivity contribution in [3.8, 4) is 5.75 Å². The minimum absolute atomic E-state index is 0.00636. The van der Waals surface area contributed by atoms with Crippen molar-refractivity contribution in [1.29, 1.82) is 0 Å². The number of hydrogen-bond donors (Lipinski definition) is 2. The summed E-state index contributed by atoms with van der Waals surface area (Å²) in [6.07, 6.45) is 0.410. The number of nitrogens with one attached hydrogen (secondary N) is 1. The SMILES string of the molecule is COc1cccc(C2CC(=O)N(CCO)N2)c1. The molecule has 1 fully saturated rings. The number of rotatable bonds is 4. The van der Waals surface area contributed by atoms with Gasteiger partial charge in [0.1, 0.15) is 5.75 Å². The molecule has 1 unspecified atom stereocenters. The largest absolute Gasteiger partial charge is 0.497 e. The van der Waals surface area contributed by atoms with E-state index in [2.05, 4.69) is 5.43 Å². The number of aliphatic hydroxyl groups is 1. The number of aliphatic hydroxyl groups excluding tert-OH is 1. The standard InChI is InChI=1S/C12H16N2O3/c1-17-10-4-2-3-9(7-10)11-8-12(16)14(13-11)5-6-15/h2-4,7,11,13,15H,5-6,8H2,1H3. The van der Waals surface area contributed by atoms with Crippen molar-refractivity contribution in [2.24, 2.45) is 0 Å². The predicted octanol–water partition coefficient (Wildman–Crippen LogP) is 0.465. The van der Waals surface area contributed by atoms with E-state index in [0.717, 1.165) is 11.3 Å². The molecule has 5 nitrogen and oxygen atoms in total. The number of carbonyl (C=O) groups is 1. The van der Waals surface area contributed by atoms with Crippen LogP contribution in [0, 0.1) is 0 Å². The van der Waals surface area contributed by atoms with Gasteiger partial charge in [0.05, 0.1) is 26.3 Å². The van der Waals surface area contributed by atoms with E-state index in [4.69, 9.17) is 9.84 Å². The van der Waals surface area contributed by atoms with Crippen LogP contribution in [-0.4, -0.2) is 36.3 Å². The summed E-state index contributed by atoms with van der Waals surface area (Å²) >= 11 is 0. The zero-order valence-corrected chi connectivity index (χ0v) is 9.72. The molecule has 1 aromatic rings. The van der Waals surface area contributed by atoms with E-state index >= 15 is 0 Å². The van der Waals surface area contributed by atoms with E-state index in [1.807, 2.05) is 24.3 Å². The third-order valence-electron chi connectivity index (χ3n) is 2.81. The first-order valence-electron chi connectivity index (χ1n) is 5.56. The average molecular weight is 236 g/mol. The van der Waals surface area contributed by atoms with Crippen molar-refractivity contribution in [2.75, 3.05) is 20.3 Å². The lowest BCUT2D eigenvalue weighted by atomic mass is 10.1. The van der Waals surface area contributed by atoms with Gasteiger partial charge in [0, 0.05) is 6.42 Å². The van der Waals surface area contributed by atoms with Gasteiger partial charge in [-0.05, 0) is 17.7 Å². The average Bonchev–Trinajstić information content (AvgIpc) is 2.72. The van der Waals surface area contributed by atoms with Gasteiger partial charge in [0.25, 0.3) is 0 Å². The van der Waals surface area contributed by atoms with Gasteiger partial charge in [0.15, 0.2) is 0 Å². The molecule has 0 aliphatic carbocycles. The van der Waals surface area contributed by atoms with Crippen molar-refractivity contribution in [1.82, 2.24) is 10.4 Å². The quantitative estimate of drug-likeness (QED) is 0.797. The Morgan fingerprint density at radius 3 is 3.12 bits per heavy atom. The molecule has 2 N–H and O–H groups in total. The van der Waals surface area contributed by atoms with E-state index in [1.165, 1.54) is 5.01 Å². The van der Waals surface area contributed by atoms with Gasteiger partial charge < -0.3 is 9.84 Å². The molecule has 0 spiro atoms. The van der Waals surface area contributed by atoms with Crippen molar-refractivity contribution in [3.05, 3.63) is 29.8 Å². The Morgan fingerprint density at radius 2 is 2.41 bits per heavy atom. The molecule has 0 aromatic heterocycles. The highest BCUT2D eigenvalue weighted by Gasteiger charge is 2.29. The molecule has 1 atom stereocenters. The Hall–Kier alpha value is -1.59. The zero-order chi connectivity index (χ0) is 12.3. The maximum atomic E-state index is 11.6. The Balaban J connectivity index is 2.11. The highest BCUT2D eigenvalue weighted by Crippen LogP contribution is 2.26. The lowest BCUT2D eigenvalue weighted by Crippen LogP contribution is -2.37. The van der Waals surface area contributed by atoms with Crippen molar-refractivity contribution >= 4 is 5.91 Å². The molecule has 0 saturated carbocycles. The second-order valence-corrected chi connectivity index (χ2v) is 3.93. The Morgan fingerprint density at radius 1 is 1.59 bits per heavy atom. The molecular weight excluding hydrogens is 220 g/mol. The van der Waals surface area contributed by atoms with Crippen molar-refractivity contribution in [3.63, 3.8) is 0 Å². The molecule has 92 valence electrons. The van der Waals surface area contributed by atoms with Gasteiger partial charge in [-0.2, -0.15) is 0 Å². The van der Waals surface area contributed by atoms with Crippen LogP contribution in [0.5, 0.6) is 5.75 Å². The van der Waals surface area contributed by atoms with Gasteiger partial charge in [-0.25, -0.2) is 5.43 Å². The van der Waals surface area contributed by atoms with E-state index in [9.17, 15) is 4.79 Å². The van der Waals surface area contributed by atoms with Crippen LogP contribution >= 0.6 is 0 Å². The number of carbonyl (C=O) groups excluding carboxylic acids is 1. The van der Waals surface area contributed by atoms with E-state index in [-0.39, 0.29) is 18.6 Å². The second kappa shape index (κ2) is 5.16. The third-order valence-corrected chi connectivity index (χ3v) is 2.81. The summed E-state index contributed by atoms with van der Waals surface area (Å²) in [6.45, 7) is 0.281. The summed E-state index contributed by atoms with van der Waals surface area (Å²) in [5, 5.41) is 10.3. The summed E-state index contributed by atoms with van der Waals surface area (Å²) in [4.78, 5) is 11.6. The van der Waals surface area contributed by atoms with Crippen LogP contribution in [0.25, 0.3) is 0 Å². The maximum absolute atomic E-state index is 11.6. The number of hydrazine groups is 1. The fourth-order valence-electron chi connectivity index (χ4n) is 1.93. The summed E-state index contributed by atoms with van der Waals surface area (Å²) in [7, 11) is 1.62. The van der Waals surface area contributed by atoms with Crippen LogP contribution in [0.3, 0.4) is 0 Å². The Labute approximate surface area is 100.0 Å². The first-order valence-corrected chi connectivity index (χ1v) is 5.56. The van der Waals surface area contributed by atoms with Crippen LogP contribution in [-0.2, 0) is 4.79 Å². The van der Waals surface area contributed by atoms with Gasteiger partial charge >= 0.3 is 0 Å². The highest BCUT2D eigenvalue weighted by molar-refractivity contribution is 5.78. The number of benzene rings is 1. The number of ether oxygens (including phenoxy) is 1. The van der Waals surface area contributed by atoms with Gasteiger partial charge in [0.2, 0.25) is 5.91 Å². The molecule has 1 heterocycles. The smallest absolute Gasteiger partial charge is 0.238 e. The third kappa shape index (κ3) is 2.57. The fraction of sp³-hybridized carbons (Fsp3) is 0.417. The lowest BCUT2D eigenvalue weighted by molar-refractivity contribution is -0.130. The summed E-state index contributed by atoms with van der Waals surface area (Å²) in [5.41, 5.74) is 4.09. The monoisotopic (exact) mass is 236 g/mol. The number of methoxy groups -OCH3 is 1. The molecule has 1 amide bonds. The fourth-order valence-corrected chi connectivity index (χ4v) is 1.93. The van der Waals surface area contributed by atoms with Crippen molar-refractivity contribution in [2.45, 2.75) is 12.5 Å². The molecule has 1 aromatic carbocycles. The molecule has 5 heteroatoms. The van der Waals surface area contributed by atoms with Gasteiger partial charge in [-0.3, -0.25) is 9.80 Å². The number of hydrogen-bond acceptors (Lipinski definition) is 4. The number of β-amino-alcohol motifs (C(OH)–C–C–N with tert-alkyl or cyclic N) is 1.